The van der Waals surface area contributed by atoms with E-state index in [0.717, 1.165) is 11.8 Å². The van der Waals surface area contributed by atoms with Crippen molar-refractivity contribution in [2.75, 3.05) is 0 Å². The Bertz CT molecular complexity index is 538. The molecule has 6 N–H and O–H groups in total. The first-order chi connectivity index (χ1) is 15.6. The summed E-state index contributed by atoms with van der Waals surface area (Å²) in [6.45, 7) is 20.7. The molecular weight excluding hydrogens is 436 g/mol. The van der Waals surface area contributed by atoms with Crippen molar-refractivity contribution >= 4 is 5.97 Å². The molecule has 0 aromatic heterocycles. The Morgan fingerprint density at radius 1 is 0.735 bits per heavy atom. The van der Waals surface area contributed by atoms with Crippen LogP contribution in [-0.2, 0) is 4.79 Å². The number of aliphatic hydroxyl groups is 5. The fraction of sp³-hybridized carbons (Fsp3) is 0.741. The van der Waals surface area contributed by atoms with Gasteiger partial charge in [-0.1, -0.05) is 70.4 Å². The average Bonchev–Trinajstić information content (AvgIpc) is 2.76. The number of carboxylic acid groups (broad SMARTS) is 1. The number of rotatable bonds is 13. The summed E-state index contributed by atoms with van der Waals surface area (Å²) in [5, 5.41) is 52.6. The molecule has 0 aromatic carbocycles. The Kier molecular flexibility index (Phi) is 23.7. The topological polar surface area (TPSA) is 138 Å². The number of aliphatic hydroxyl groups excluding tert-OH is 5. The first kappa shape index (κ1) is 36.9. The van der Waals surface area contributed by atoms with E-state index < -0.39 is 36.1 Å². The van der Waals surface area contributed by atoms with Crippen LogP contribution >= 0.6 is 0 Å². The second kappa shape index (κ2) is 21.8. The maximum absolute atomic E-state index is 10.1. The summed E-state index contributed by atoms with van der Waals surface area (Å²) in [7, 11) is 0. The molecule has 0 aliphatic rings. The van der Waals surface area contributed by atoms with E-state index in [9.17, 15) is 4.79 Å². The predicted molar refractivity (Wildman–Crippen MR) is 140 cm³/mol. The van der Waals surface area contributed by atoms with Crippen LogP contribution in [0.2, 0.25) is 0 Å². The molecule has 0 saturated heterocycles. The van der Waals surface area contributed by atoms with Gasteiger partial charge in [-0.3, -0.25) is 0 Å². The largest absolute Gasteiger partial charge is 0.510 e. The molecule has 0 bridgehead atoms. The van der Waals surface area contributed by atoms with Gasteiger partial charge in [0, 0.05) is 0 Å². The number of hydrogen-bond donors (Lipinski definition) is 6. The highest BCUT2D eigenvalue weighted by Crippen LogP contribution is 2.11. The van der Waals surface area contributed by atoms with Crippen molar-refractivity contribution < 1.29 is 35.4 Å². The minimum Gasteiger partial charge on any atom is -0.510 e. The molecule has 0 rings (SSSR count). The van der Waals surface area contributed by atoms with Crippen LogP contribution in [0.4, 0.5) is 0 Å². The van der Waals surface area contributed by atoms with Crippen molar-refractivity contribution in [2.24, 2.45) is 11.8 Å². The number of aliphatic carboxylic acids is 1. The summed E-state index contributed by atoms with van der Waals surface area (Å²) in [5.74, 6) is -0.798. The minimum absolute atomic E-state index is 0.839. The van der Waals surface area contributed by atoms with Gasteiger partial charge >= 0.3 is 5.97 Å². The van der Waals surface area contributed by atoms with Gasteiger partial charge in [-0.2, -0.15) is 0 Å². The molecule has 2 unspecified atom stereocenters. The molecular formula is C27H52O7. The van der Waals surface area contributed by atoms with Gasteiger partial charge in [0.2, 0.25) is 0 Å². The summed E-state index contributed by atoms with van der Waals surface area (Å²) in [6.07, 6.45) is 4.19. The molecule has 0 fully saturated rings. The summed E-state index contributed by atoms with van der Waals surface area (Å²) in [4.78, 5) is 10.1. The van der Waals surface area contributed by atoms with Crippen LogP contribution in [0.3, 0.4) is 0 Å². The first-order valence-corrected chi connectivity index (χ1v) is 12.2. The van der Waals surface area contributed by atoms with Gasteiger partial charge in [0.1, 0.15) is 24.1 Å². The lowest BCUT2D eigenvalue weighted by molar-refractivity contribution is -0.162. The zero-order chi connectivity index (χ0) is 27.4. The fourth-order valence-corrected chi connectivity index (χ4v) is 2.44. The average molecular weight is 489 g/mol. The molecule has 0 heterocycles. The monoisotopic (exact) mass is 488 g/mol. The van der Waals surface area contributed by atoms with Crippen molar-refractivity contribution in [3.63, 3.8) is 0 Å². The van der Waals surface area contributed by atoms with E-state index in [1.165, 1.54) is 49.7 Å². The van der Waals surface area contributed by atoms with E-state index in [1.54, 1.807) is 0 Å². The van der Waals surface area contributed by atoms with Crippen molar-refractivity contribution in [3.05, 3.63) is 35.6 Å². The smallest absolute Gasteiger partial charge is 0.335 e. The highest BCUT2D eigenvalue weighted by atomic mass is 16.4. The van der Waals surface area contributed by atoms with Crippen LogP contribution < -0.4 is 0 Å². The van der Waals surface area contributed by atoms with Crippen LogP contribution in [-0.4, -0.2) is 61.0 Å². The molecule has 6 atom stereocenters. The third kappa shape index (κ3) is 22.1. The van der Waals surface area contributed by atoms with Crippen molar-refractivity contribution in [3.8, 4) is 0 Å². The quantitative estimate of drug-likeness (QED) is 0.156. The third-order valence-electron chi connectivity index (χ3n) is 5.41. The lowest BCUT2D eigenvalue weighted by Gasteiger charge is -2.23. The van der Waals surface area contributed by atoms with Crippen LogP contribution in [0.5, 0.6) is 0 Å². The Balaban J connectivity index is -0.000000434. The van der Waals surface area contributed by atoms with Gasteiger partial charge in [0.05, 0.1) is 0 Å². The normalized spacial score (nSPS) is 15.5. The lowest BCUT2D eigenvalue weighted by atomic mass is 10.0. The summed E-state index contributed by atoms with van der Waals surface area (Å²) in [5.41, 5.74) is 2.90. The zero-order valence-corrected chi connectivity index (χ0v) is 22.7. The second-order valence-corrected chi connectivity index (χ2v) is 9.44. The van der Waals surface area contributed by atoms with Gasteiger partial charge < -0.3 is 30.6 Å². The molecule has 0 radical (unpaired) electrons. The van der Waals surface area contributed by atoms with E-state index in [0.29, 0.717) is 0 Å². The second-order valence-electron chi connectivity index (χ2n) is 9.44. The molecule has 0 aromatic rings. The molecule has 0 aliphatic carbocycles. The molecule has 7 nitrogen and oxygen atoms in total. The lowest BCUT2D eigenvalue weighted by Crippen LogP contribution is -2.48. The van der Waals surface area contributed by atoms with Crippen molar-refractivity contribution in [1.29, 1.82) is 0 Å². The van der Waals surface area contributed by atoms with E-state index in [2.05, 4.69) is 74.1 Å². The molecule has 7 heteroatoms. The third-order valence-corrected chi connectivity index (χ3v) is 5.41. The van der Waals surface area contributed by atoms with E-state index in [4.69, 9.17) is 30.6 Å². The fourth-order valence-electron chi connectivity index (χ4n) is 2.44. The summed E-state index contributed by atoms with van der Waals surface area (Å²) in [6, 6.07) is 0. The standard InChI is InChI=1S/2C10H20.C7H12O7/c2*1-5-10(4)8-6-7-9(2)3;1-2(8)3(9)4(10)5(11)6(12)7(13)14/h2*7,10H,5-6,8H2,1-4H3;3-6,8-12H,1H2,(H,13,14)/t2*10-;3?,4?,5-,6+/m111/s1. The molecule has 0 spiro atoms. The van der Waals surface area contributed by atoms with Crippen LogP contribution in [0.1, 0.15) is 93.9 Å². The van der Waals surface area contributed by atoms with Crippen LogP contribution in [0, 0.1) is 11.8 Å². The van der Waals surface area contributed by atoms with Crippen LogP contribution in [0.25, 0.3) is 0 Å². The van der Waals surface area contributed by atoms with Gasteiger partial charge in [0.15, 0.2) is 6.10 Å². The highest BCUT2D eigenvalue weighted by molar-refractivity contribution is 5.72. The molecule has 34 heavy (non-hydrogen) atoms. The first-order valence-electron chi connectivity index (χ1n) is 12.2. The predicted octanol–water partition coefficient (Wildman–Crippen LogP) is 5.14. The molecule has 0 amide bonds. The maximum atomic E-state index is 10.1. The Morgan fingerprint density at radius 2 is 1.06 bits per heavy atom. The van der Waals surface area contributed by atoms with Gasteiger partial charge in [0.25, 0.3) is 0 Å². The summed E-state index contributed by atoms with van der Waals surface area (Å²) < 4.78 is 0. The Morgan fingerprint density at radius 3 is 1.29 bits per heavy atom. The maximum Gasteiger partial charge on any atom is 0.335 e. The van der Waals surface area contributed by atoms with Crippen molar-refractivity contribution in [2.45, 2.75) is 118 Å². The molecule has 0 aliphatic heterocycles. The number of hydrogen-bond acceptors (Lipinski definition) is 6. The highest BCUT2D eigenvalue weighted by Gasteiger charge is 2.35. The SMILES string of the molecule is C=C(O)C(O)C(O)[C@@H](O)[C@H](O)C(=O)O.CC[C@@H](C)CCC=C(C)C.CC[C@@H](C)CCC=C(C)C. The van der Waals surface area contributed by atoms with Gasteiger partial charge in [-0.25, -0.2) is 4.79 Å². The van der Waals surface area contributed by atoms with Crippen molar-refractivity contribution in [1.82, 2.24) is 0 Å². The Labute approximate surface area is 207 Å². The number of allylic oxidation sites excluding steroid dienone is 4. The number of carbonyl (C=O) groups is 1. The number of carboxylic acids is 1. The minimum atomic E-state index is -2.25. The summed E-state index contributed by atoms with van der Waals surface area (Å²) >= 11 is 0. The van der Waals surface area contributed by atoms with Gasteiger partial charge in [-0.15, -0.1) is 0 Å². The Hall–Kier alpha value is -1.67. The van der Waals surface area contributed by atoms with E-state index >= 15 is 0 Å². The van der Waals surface area contributed by atoms with E-state index in [1.807, 2.05) is 0 Å². The zero-order valence-electron chi connectivity index (χ0n) is 22.7. The van der Waals surface area contributed by atoms with Gasteiger partial charge in [-0.05, 0) is 65.2 Å². The molecule has 202 valence electrons. The van der Waals surface area contributed by atoms with Crippen LogP contribution in [0.15, 0.2) is 35.6 Å². The molecule has 0 saturated carbocycles. The van der Waals surface area contributed by atoms with E-state index in [-0.39, 0.29) is 0 Å².